The van der Waals surface area contributed by atoms with Crippen LogP contribution in [0.4, 0.5) is 0 Å². The van der Waals surface area contributed by atoms with Crippen LogP contribution in [0.5, 0.6) is 17.2 Å². The first-order valence-corrected chi connectivity index (χ1v) is 15.2. The van der Waals surface area contributed by atoms with Crippen LogP contribution < -0.4 is 29.1 Å². The highest BCUT2D eigenvalue weighted by Crippen LogP contribution is 2.40. The van der Waals surface area contributed by atoms with E-state index in [0.29, 0.717) is 53.4 Å². The van der Waals surface area contributed by atoms with Gasteiger partial charge >= 0.3 is 5.97 Å². The van der Waals surface area contributed by atoms with Crippen molar-refractivity contribution >= 4 is 39.3 Å². The summed E-state index contributed by atoms with van der Waals surface area (Å²) in [6, 6.07) is 19.3. The largest absolute Gasteiger partial charge is 0.493 e. The summed E-state index contributed by atoms with van der Waals surface area (Å²) in [6.45, 7) is 3.91. The quantitative estimate of drug-likeness (QED) is 0.229. The van der Waals surface area contributed by atoms with E-state index in [1.54, 1.807) is 44.2 Å². The molecule has 9 nitrogen and oxygen atoms in total. The van der Waals surface area contributed by atoms with Gasteiger partial charge in [-0.05, 0) is 61.4 Å². The molecule has 0 unspecified atom stereocenters. The number of hydrogen-bond acceptors (Lipinski definition) is 9. The zero-order valence-electron chi connectivity index (χ0n) is 24.4. The Balaban J connectivity index is 1.63. The molecule has 0 saturated carbocycles. The first-order chi connectivity index (χ1) is 21.3. The second-order valence-corrected chi connectivity index (χ2v) is 11.5. The van der Waals surface area contributed by atoms with Crippen molar-refractivity contribution in [3.8, 4) is 23.3 Å². The number of nitrogens with zero attached hydrogens (tertiary/aromatic N) is 3. The topological polar surface area (TPSA) is 112 Å². The van der Waals surface area contributed by atoms with E-state index < -0.39 is 12.0 Å². The molecular weight excluding hydrogens is 646 g/mol. The number of carbonyl (C=O) groups excluding carboxylic acids is 1. The second-order valence-electron chi connectivity index (χ2n) is 9.67. The van der Waals surface area contributed by atoms with E-state index in [4.69, 9.17) is 24.2 Å². The summed E-state index contributed by atoms with van der Waals surface area (Å²) in [5.41, 5.74) is 3.18. The Bertz CT molecular complexity index is 1990. The Morgan fingerprint density at radius 1 is 1.09 bits per heavy atom. The molecule has 1 atom stereocenters. The van der Waals surface area contributed by atoms with Crippen molar-refractivity contribution in [3.63, 3.8) is 0 Å². The van der Waals surface area contributed by atoms with Crippen LogP contribution in [0.15, 0.2) is 86.2 Å². The molecule has 0 fully saturated rings. The molecule has 4 aromatic rings. The monoisotopic (exact) mass is 673 g/mol. The maximum atomic E-state index is 14.1. The number of halogens is 1. The number of fused-ring (bicyclic) bond motifs is 1. The van der Waals surface area contributed by atoms with Gasteiger partial charge in [0.05, 0.1) is 54.3 Å². The third-order valence-corrected chi connectivity index (χ3v) is 8.67. The third-order valence-electron chi connectivity index (χ3n) is 7.00. The summed E-state index contributed by atoms with van der Waals surface area (Å²) < 4.78 is 25.1. The van der Waals surface area contributed by atoms with Gasteiger partial charge in [0.2, 0.25) is 0 Å². The number of hydrogen-bond donors (Lipinski definition) is 0. The average molecular weight is 675 g/mol. The molecule has 0 radical (unpaired) electrons. The van der Waals surface area contributed by atoms with E-state index in [2.05, 4.69) is 27.0 Å². The molecule has 44 heavy (non-hydrogen) atoms. The molecule has 11 heteroatoms. The number of methoxy groups -OCH3 is 2. The highest BCUT2D eigenvalue weighted by atomic mass is 79.9. The van der Waals surface area contributed by atoms with Gasteiger partial charge in [0.1, 0.15) is 12.4 Å². The van der Waals surface area contributed by atoms with Gasteiger partial charge in [0, 0.05) is 10.0 Å². The molecule has 0 N–H and O–H groups in total. The number of para-hydroxylation sites is 1. The van der Waals surface area contributed by atoms with E-state index in [-0.39, 0.29) is 24.3 Å². The Kier molecular flexibility index (Phi) is 9.32. The standard InChI is InChI=1S/C33H28BrN3O6S/c1-5-42-32(39)29-19(2)36-33-37(30(29)23-15-26(40-3)27(41-4)16-24(23)34)31(38)28(44-33)14-22-8-6-7-9-25(22)43-18-21-12-10-20(17-35)11-13-21/h6-16,30H,5,18H2,1-4H3/b28-14-/t30-/m0/s1. The number of esters is 1. The second kappa shape index (κ2) is 13.3. The summed E-state index contributed by atoms with van der Waals surface area (Å²) in [5.74, 6) is 0.965. The third kappa shape index (κ3) is 6.04. The van der Waals surface area contributed by atoms with E-state index in [1.807, 2.05) is 36.4 Å². The Labute approximate surface area is 266 Å². The van der Waals surface area contributed by atoms with Crippen molar-refractivity contribution < 1.29 is 23.7 Å². The van der Waals surface area contributed by atoms with E-state index >= 15 is 0 Å². The van der Waals surface area contributed by atoms with Gasteiger partial charge in [0.25, 0.3) is 5.56 Å². The molecule has 1 aliphatic rings. The summed E-state index contributed by atoms with van der Waals surface area (Å²) in [4.78, 5) is 32.6. The van der Waals surface area contributed by atoms with Crippen LogP contribution in [-0.2, 0) is 16.1 Å². The molecule has 0 aliphatic carbocycles. The van der Waals surface area contributed by atoms with Crippen LogP contribution in [0, 0.1) is 11.3 Å². The number of thiazole rings is 1. The predicted molar refractivity (Wildman–Crippen MR) is 170 cm³/mol. The Morgan fingerprint density at radius 3 is 2.48 bits per heavy atom. The van der Waals surface area contributed by atoms with Crippen LogP contribution >= 0.6 is 27.3 Å². The smallest absolute Gasteiger partial charge is 0.338 e. The number of allylic oxidation sites excluding steroid dienone is 1. The van der Waals surface area contributed by atoms with Crippen LogP contribution in [-0.4, -0.2) is 31.4 Å². The molecule has 0 saturated heterocycles. The van der Waals surface area contributed by atoms with Gasteiger partial charge in [-0.25, -0.2) is 9.79 Å². The van der Waals surface area contributed by atoms with Crippen molar-refractivity contribution in [2.75, 3.05) is 20.8 Å². The molecule has 1 aliphatic heterocycles. The minimum Gasteiger partial charge on any atom is -0.493 e. The molecular formula is C33H28BrN3O6S. The van der Waals surface area contributed by atoms with Crippen LogP contribution in [0.2, 0.25) is 0 Å². The fourth-order valence-electron chi connectivity index (χ4n) is 4.87. The van der Waals surface area contributed by atoms with Gasteiger partial charge in [-0.15, -0.1) is 0 Å². The van der Waals surface area contributed by atoms with Crippen LogP contribution in [0.3, 0.4) is 0 Å². The number of ether oxygens (including phenoxy) is 4. The van der Waals surface area contributed by atoms with E-state index in [9.17, 15) is 9.59 Å². The van der Waals surface area contributed by atoms with Crippen molar-refractivity contribution in [2.24, 2.45) is 4.99 Å². The molecule has 224 valence electrons. The zero-order chi connectivity index (χ0) is 31.4. The maximum Gasteiger partial charge on any atom is 0.338 e. The molecule has 5 rings (SSSR count). The Hall–Kier alpha value is -4.66. The highest BCUT2D eigenvalue weighted by Gasteiger charge is 2.35. The minimum atomic E-state index is -0.843. The van der Waals surface area contributed by atoms with Gasteiger partial charge < -0.3 is 18.9 Å². The summed E-state index contributed by atoms with van der Waals surface area (Å²) in [7, 11) is 3.06. The average Bonchev–Trinajstić information content (AvgIpc) is 3.33. The minimum absolute atomic E-state index is 0.166. The fraction of sp³-hybridized carbons (Fsp3) is 0.212. The van der Waals surface area contributed by atoms with Gasteiger partial charge in [0.15, 0.2) is 16.3 Å². The number of nitriles is 1. The predicted octanol–water partition coefficient (Wildman–Crippen LogP) is 5.03. The number of rotatable bonds is 9. The van der Waals surface area contributed by atoms with Crippen LogP contribution in [0.25, 0.3) is 6.08 Å². The number of carbonyl (C=O) groups is 1. The highest BCUT2D eigenvalue weighted by molar-refractivity contribution is 9.10. The molecule has 1 aromatic heterocycles. The lowest BCUT2D eigenvalue weighted by Gasteiger charge is -2.26. The van der Waals surface area contributed by atoms with Crippen molar-refractivity contribution in [2.45, 2.75) is 26.5 Å². The van der Waals surface area contributed by atoms with Crippen molar-refractivity contribution in [3.05, 3.63) is 118 Å². The number of aromatic nitrogens is 1. The number of benzene rings is 3. The molecule has 0 amide bonds. The van der Waals surface area contributed by atoms with Crippen molar-refractivity contribution in [1.29, 1.82) is 5.26 Å². The zero-order valence-corrected chi connectivity index (χ0v) is 26.8. The van der Waals surface area contributed by atoms with Crippen LogP contribution in [0.1, 0.15) is 42.1 Å². The van der Waals surface area contributed by atoms with E-state index in [1.165, 1.54) is 30.1 Å². The molecule has 3 aromatic carbocycles. The molecule has 2 heterocycles. The lowest BCUT2D eigenvalue weighted by molar-refractivity contribution is -0.139. The normalized spacial score (nSPS) is 14.4. The lowest BCUT2D eigenvalue weighted by atomic mass is 9.95. The summed E-state index contributed by atoms with van der Waals surface area (Å²) >= 11 is 4.84. The van der Waals surface area contributed by atoms with Gasteiger partial charge in [-0.2, -0.15) is 5.26 Å². The summed E-state index contributed by atoms with van der Waals surface area (Å²) in [5, 5.41) is 9.06. The van der Waals surface area contributed by atoms with E-state index in [0.717, 1.165) is 5.56 Å². The first-order valence-electron chi connectivity index (χ1n) is 13.6. The van der Waals surface area contributed by atoms with Gasteiger partial charge in [-0.3, -0.25) is 9.36 Å². The Morgan fingerprint density at radius 2 is 1.80 bits per heavy atom. The van der Waals surface area contributed by atoms with Crippen molar-refractivity contribution in [1.82, 2.24) is 4.57 Å². The fourth-order valence-corrected chi connectivity index (χ4v) is 6.45. The summed E-state index contributed by atoms with van der Waals surface area (Å²) in [6.07, 6.45) is 1.77. The lowest BCUT2D eigenvalue weighted by Crippen LogP contribution is -2.40. The first kappa shape index (κ1) is 30.8. The maximum absolute atomic E-state index is 14.1. The molecule has 0 bridgehead atoms. The van der Waals surface area contributed by atoms with Gasteiger partial charge in [-0.1, -0.05) is 57.6 Å². The molecule has 0 spiro atoms. The SMILES string of the molecule is CCOC(=O)C1=C(C)N=c2s/c(=C\c3ccccc3OCc3ccc(C#N)cc3)c(=O)n2[C@H]1c1cc(OC)c(OC)cc1Br.